The average molecular weight is 264 g/mol. The van der Waals surface area contributed by atoms with Gasteiger partial charge in [0.1, 0.15) is 0 Å². The molecular weight excluding hydrogens is 232 g/mol. The first kappa shape index (κ1) is 13.9. The Labute approximate surface area is 119 Å². The molecule has 19 heavy (non-hydrogen) atoms. The largest absolute Gasteiger partial charge is 0.313 e. The van der Waals surface area contributed by atoms with Crippen LogP contribution in [0.2, 0.25) is 0 Å². The van der Waals surface area contributed by atoms with Crippen LogP contribution in [0.1, 0.15) is 58.3 Å². The zero-order valence-electron chi connectivity index (χ0n) is 13.0. The highest BCUT2D eigenvalue weighted by Gasteiger charge is 2.37. The third kappa shape index (κ3) is 3.95. The molecule has 2 unspecified atom stereocenters. The number of rotatable bonds is 7. The van der Waals surface area contributed by atoms with Gasteiger partial charge in [-0.05, 0) is 56.4 Å². The van der Waals surface area contributed by atoms with Crippen LogP contribution >= 0.6 is 0 Å². The predicted molar refractivity (Wildman–Crippen MR) is 81.3 cm³/mol. The molecule has 0 bridgehead atoms. The summed E-state index contributed by atoms with van der Waals surface area (Å²) in [5, 5.41) is 3.82. The first-order valence-electron chi connectivity index (χ1n) is 8.59. The molecule has 0 amide bonds. The van der Waals surface area contributed by atoms with Crippen LogP contribution in [0.5, 0.6) is 0 Å². The van der Waals surface area contributed by atoms with E-state index in [4.69, 9.17) is 0 Å². The van der Waals surface area contributed by atoms with Gasteiger partial charge in [-0.1, -0.05) is 26.2 Å². The average Bonchev–Trinajstić information content (AvgIpc) is 3.28. The van der Waals surface area contributed by atoms with E-state index >= 15 is 0 Å². The third-order valence-corrected chi connectivity index (χ3v) is 5.68. The van der Waals surface area contributed by atoms with Crippen LogP contribution in [0.4, 0.5) is 0 Å². The highest BCUT2D eigenvalue weighted by Crippen LogP contribution is 2.40. The summed E-state index contributed by atoms with van der Waals surface area (Å²) in [6.07, 6.45) is 11.6. The number of nitrogens with zero attached hydrogens (tertiary/aromatic N) is 1. The molecule has 0 spiro atoms. The topological polar surface area (TPSA) is 15.3 Å². The molecule has 0 aromatic carbocycles. The van der Waals surface area contributed by atoms with Crippen LogP contribution in [0, 0.1) is 17.3 Å². The maximum Gasteiger partial charge on any atom is 0.00684 e. The second-order valence-electron chi connectivity index (χ2n) is 7.89. The van der Waals surface area contributed by atoms with Crippen molar-refractivity contribution in [3.8, 4) is 0 Å². The van der Waals surface area contributed by atoms with Gasteiger partial charge in [0.25, 0.3) is 0 Å². The Morgan fingerprint density at radius 2 is 1.84 bits per heavy atom. The van der Waals surface area contributed by atoms with Gasteiger partial charge >= 0.3 is 0 Å². The predicted octanol–water partition coefficient (Wildman–Crippen LogP) is 3.28. The van der Waals surface area contributed by atoms with Crippen LogP contribution in [0.15, 0.2) is 0 Å². The zero-order chi connectivity index (χ0) is 13.3. The Kier molecular flexibility index (Phi) is 4.19. The van der Waals surface area contributed by atoms with E-state index in [9.17, 15) is 0 Å². The number of hydrogen-bond donors (Lipinski definition) is 1. The second-order valence-corrected chi connectivity index (χ2v) is 7.89. The highest BCUT2D eigenvalue weighted by atomic mass is 15.1. The van der Waals surface area contributed by atoms with Crippen LogP contribution < -0.4 is 5.32 Å². The second kappa shape index (κ2) is 5.73. The van der Waals surface area contributed by atoms with E-state index in [0.717, 1.165) is 17.9 Å². The van der Waals surface area contributed by atoms with Crippen molar-refractivity contribution >= 4 is 0 Å². The molecule has 2 atom stereocenters. The van der Waals surface area contributed by atoms with Gasteiger partial charge in [-0.2, -0.15) is 0 Å². The lowest BCUT2D eigenvalue weighted by Gasteiger charge is -2.40. The summed E-state index contributed by atoms with van der Waals surface area (Å²) in [4.78, 5) is 2.65. The minimum Gasteiger partial charge on any atom is -0.313 e. The van der Waals surface area contributed by atoms with Crippen molar-refractivity contribution in [2.75, 3.05) is 26.7 Å². The molecule has 3 aliphatic rings. The molecule has 0 aliphatic heterocycles. The Hall–Kier alpha value is -0.0800. The van der Waals surface area contributed by atoms with Crippen molar-refractivity contribution in [1.82, 2.24) is 10.2 Å². The quantitative estimate of drug-likeness (QED) is 0.759. The maximum atomic E-state index is 3.82. The van der Waals surface area contributed by atoms with Gasteiger partial charge in [-0.25, -0.2) is 0 Å². The van der Waals surface area contributed by atoms with Gasteiger partial charge in [0.15, 0.2) is 0 Å². The molecular formula is C17H32N2. The van der Waals surface area contributed by atoms with Crippen molar-refractivity contribution in [2.24, 2.45) is 17.3 Å². The normalized spacial score (nSPS) is 33.6. The van der Waals surface area contributed by atoms with E-state index in [0.29, 0.717) is 5.41 Å². The molecule has 3 saturated carbocycles. The summed E-state index contributed by atoms with van der Waals surface area (Å²) < 4.78 is 0. The summed E-state index contributed by atoms with van der Waals surface area (Å²) >= 11 is 0. The fourth-order valence-corrected chi connectivity index (χ4v) is 4.03. The summed E-state index contributed by atoms with van der Waals surface area (Å²) in [6.45, 7) is 6.36. The lowest BCUT2D eigenvalue weighted by molar-refractivity contribution is 0.113. The van der Waals surface area contributed by atoms with Gasteiger partial charge in [0, 0.05) is 25.7 Å². The molecule has 2 nitrogen and oxygen atoms in total. The van der Waals surface area contributed by atoms with Crippen LogP contribution in [0.25, 0.3) is 0 Å². The van der Waals surface area contributed by atoms with Crippen LogP contribution in [-0.4, -0.2) is 37.6 Å². The standard InChI is InChI=1S/C17H32N2/c1-14-10-15(14)11-19(2)13-17(8-4-3-5-9-17)12-18-16-6-7-16/h14-16,18H,3-13H2,1-2H3. The minimum absolute atomic E-state index is 0.591. The summed E-state index contributed by atoms with van der Waals surface area (Å²) in [7, 11) is 2.36. The molecule has 0 heterocycles. The molecule has 0 saturated heterocycles. The molecule has 2 heteroatoms. The molecule has 1 N–H and O–H groups in total. The van der Waals surface area contributed by atoms with E-state index in [2.05, 4.69) is 24.2 Å². The van der Waals surface area contributed by atoms with Gasteiger partial charge < -0.3 is 10.2 Å². The molecule has 3 aliphatic carbocycles. The van der Waals surface area contributed by atoms with E-state index in [-0.39, 0.29) is 0 Å². The lowest BCUT2D eigenvalue weighted by atomic mass is 9.73. The van der Waals surface area contributed by atoms with Crippen molar-refractivity contribution in [3.05, 3.63) is 0 Å². The molecule has 0 aromatic heterocycles. The molecule has 0 aromatic rings. The van der Waals surface area contributed by atoms with E-state index in [1.165, 1.54) is 71.0 Å². The van der Waals surface area contributed by atoms with E-state index in [1.54, 1.807) is 0 Å². The molecule has 0 radical (unpaired) electrons. The van der Waals surface area contributed by atoms with E-state index in [1.807, 2.05) is 0 Å². The zero-order valence-corrected chi connectivity index (χ0v) is 13.0. The molecule has 3 fully saturated rings. The summed E-state index contributed by atoms with van der Waals surface area (Å²) in [5.74, 6) is 2.00. The Bertz CT molecular complexity index is 292. The lowest BCUT2D eigenvalue weighted by Crippen LogP contribution is -2.45. The van der Waals surface area contributed by atoms with Crippen molar-refractivity contribution in [2.45, 2.75) is 64.3 Å². The van der Waals surface area contributed by atoms with Gasteiger partial charge in [0.05, 0.1) is 0 Å². The Morgan fingerprint density at radius 1 is 1.16 bits per heavy atom. The van der Waals surface area contributed by atoms with Crippen LogP contribution in [-0.2, 0) is 0 Å². The van der Waals surface area contributed by atoms with Crippen LogP contribution in [0.3, 0.4) is 0 Å². The summed E-state index contributed by atoms with van der Waals surface area (Å²) in [6, 6.07) is 0.868. The smallest absolute Gasteiger partial charge is 0.00684 e. The fraction of sp³-hybridized carbons (Fsp3) is 1.00. The van der Waals surface area contributed by atoms with Crippen molar-refractivity contribution in [1.29, 1.82) is 0 Å². The van der Waals surface area contributed by atoms with Gasteiger partial charge in [-0.3, -0.25) is 0 Å². The summed E-state index contributed by atoms with van der Waals surface area (Å²) in [5.41, 5.74) is 0.591. The van der Waals surface area contributed by atoms with E-state index < -0.39 is 0 Å². The molecule has 110 valence electrons. The molecule has 3 rings (SSSR count). The number of nitrogens with one attached hydrogen (secondary N) is 1. The number of hydrogen-bond acceptors (Lipinski definition) is 2. The third-order valence-electron chi connectivity index (χ3n) is 5.68. The fourth-order valence-electron chi connectivity index (χ4n) is 4.03. The van der Waals surface area contributed by atoms with Crippen molar-refractivity contribution < 1.29 is 0 Å². The highest BCUT2D eigenvalue weighted by molar-refractivity contribution is 4.92. The van der Waals surface area contributed by atoms with Gasteiger partial charge in [0.2, 0.25) is 0 Å². The first-order chi connectivity index (χ1) is 9.17. The minimum atomic E-state index is 0.591. The first-order valence-corrected chi connectivity index (χ1v) is 8.59. The Morgan fingerprint density at radius 3 is 2.42 bits per heavy atom. The Balaban J connectivity index is 1.50. The monoisotopic (exact) mass is 264 g/mol. The van der Waals surface area contributed by atoms with Crippen molar-refractivity contribution in [3.63, 3.8) is 0 Å². The van der Waals surface area contributed by atoms with Gasteiger partial charge in [-0.15, -0.1) is 0 Å². The maximum absolute atomic E-state index is 3.82. The SMILES string of the molecule is CC1CC1CN(C)CC1(CNC2CC2)CCCCC1.